The topological polar surface area (TPSA) is 55.6 Å². The van der Waals surface area contributed by atoms with E-state index >= 15 is 0 Å². The van der Waals surface area contributed by atoms with Gasteiger partial charge in [0.1, 0.15) is 6.10 Å². The Labute approximate surface area is 111 Å². The van der Waals surface area contributed by atoms with Crippen LogP contribution >= 0.6 is 23.7 Å². The number of hydrogen-bond acceptors (Lipinski definition) is 4. The van der Waals surface area contributed by atoms with E-state index < -0.39 is 6.04 Å². The van der Waals surface area contributed by atoms with Gasteiger partial charge in [0.2, 0.25) is 5.91 Å². The van der Waals surface area contributed by atoms with E-state index in [4.69, 9.17) is 10.5 Å². The molecule has 0 radical (unpaired) electrons. The third-order valence-corrected chi connectivity index (χ3v) is 3.38. The van der Waals surface area contributed by atoms with Gasteiger partial charge in [-0.05, 0) is 29.3 Å². The molecule has 17 heavy (non-hydrogen) atoms. The van der Waals surface area contributed by atoms with E-state index in [9.17, 15) is 4.79 Å². The first-order valence-corrected chi connectivity index (χ1v) is 6.31. The molecule has 1 aromatic heterocycles. The molecule has 4 nitrogen and oxygen atoms in total. The van der Waals surface area contributed by atoms with E-state index in [-0.39, 0.29) is 24.4 Å². The SMILES string of the molecule is C[C@H](N)C(=O)N1CCOC(c2ccsc2)C1.Cl. The number of hydrogen-bond donors (Lipinski definition) is 1. The Bertz CT molecular complexity index is 356. The van der Waals surface area contributed by atoms with Crippen LogP contribution in [0, 0.1) is 0 Å². The number of rotatable bonds is 2. The lowest BCUT2D eigenvalue weighted by Crippen LogP contribution is -2.48. The summed E-state index contributed by atoms with van der Waals surface area (Å²) in [5.74, 6) is 0.00327. The highest BCUT2D eigenvalue weighted by atomic mass is 35.5. The molecule has 2 rings (SSSR count). The van der Waals surface area contributed by atoms with Gasteiger partial charge in [0.25, 0.3) is 0 Å². The molecule has 2 heterocycles. The normalized spacial score (nSPS) is 21.8. The number of thiophene rings is 1. The molecule has 1 aliphatic rings. The van der Waals surface area contributed by atoms with Crippen LogP contribution in [0.5, 0.6) is 0 Å². The summed E-state index contributed by atoms with van der Waals surface area (Å²) in [6, 6.07) is 1.61. The van der Waals surface area contributed by atoms with Gasteiger partial charge in [0, 0.05) is 6.54 Å². The predicted molar refractivity (Wildman–Crippen MR) is 70.5 cm³/mol. The van der Waals surface area contributed by atoms with Crippen molar-refractivity contribution in [2.75, 3.05) is 19.7 Å². The first-order chi connectivity index (χ1) is 7.68. The highest BCUT2D eigenvalue weighted by Gasteiger charge is 2.26. The maximum absolute atomic E-state index is 11.8. The Morgan fingerprint density at radius 2 is 2.47 bits per heavy atom. The second-order valence-electron chi connectivity index (χ2n) is 3.99. The van der Waals surface area contributed by atoms with Gasteiger partial charge in [-0.1, -0.05) is 0 Å². The van der Waals surface area contributed by atoms with Crippen molar-refractivity contribution in [2.45, 2.75) is 19.1 Å². The second-order valence-corrected chi connectivity index (χ2v) is 4.77. The molecule has 0 aliphatic carbocycles. The van der Waals surface area contributed by atoms with E-state index in [1.807, 2.05) is 11.4 Å². The number of nitrogens with zero attached hydrogens (tertiary/aromatic N) is 1. The standard InChI is InChI=1S/C11H16N2O2S.ClH/c1-8(12)11(14)13-3-4-15-10(6-13)9-2-5-16-7-9;/h2,5,7-8,10H,3-4,6,12H2,1H3;1H/t8-,10?;/m0./s1. The summed E-state index contributed by atoms with van der Waals surface area (Å²) in [6.07, 6.45) is 0.00250. The number of carbonyl (C=O) groups is 1. The van der Waals surface area contributed by atoms with E-state index in [0.717, 1.165) is 5.56 Å². The van der Waals surface area contributed by atoms with Crippen LogP contribution in [0.4, 0.5) is 0 Å². The van der Waals surface area contributed by atoms with Gasteiger partial charge in [0.15, 0.2) is 0 Å². The smallest absolute Gasteiger partial charge is 0.239 e. The monoisotopic (exact) mass is 276 g/mol. The number of nitrogens with two attached hydrogens (primary N) is 1. The lowest BCUT2D eigenvalue weighted by atomic mass is 10.1. The van der Waals surface area contributed by atoms with Crippen molar-refractivity contribution < 1.29 is 9.53 Å². The van der Waals surface area contributed by atoms with E-state index in [1.165, 1.54) is 0 Å². The first kappa shape index (κ1) is 14.4. The van der Waals surface area contributed by atoms with Gasteiger partial charge in [-0.25, -0.2) is 0 Å². The fourth-order valence-electron chi connectivity index (χ4n) is 1.80. The molecule has 1 saturated heterocycles. The summed E-state index contributed by atoms with van der Waals surface area (Å²) in [7, 11) is 0. The second kappa shape index (κ2) is 6.35. The molecule has 0 aromatic carbocycles. The number of halogens is 1. The van der Waals surface area contributed by atoms with Crippen molar-refractivity contribution in [1.29, 1.82) is 0 Å². The van der Waals surface area contributed by atoms with Gasteiger partial charge < -0.3 is 15.4 Å². The van der Waals surface area contributed by atoms with Gasteiger partial charge in [0.05, 0.1) is 19.2 Å². The van der Waals surface area contributed by atoms with Crippen LogP contribution in [0.2, 0.25) is 0 Å². The lowest BCUT2D eigenvalue weighted by Gasteiger charge is -2.33. The Hall–Kier alpha value is -0.620. The molecular weight excluding hydrogens is 260 g/mol. The summed E-state index contributed by atoms with van der Waals surface area (Å²) in [5, 5.41) is 4.08. The molecule has 1 aliphatic heterocycles. The summed E-state index contributed by atoms with van der Waals surface area (Å²) >= 11 is 1.64. The Balaban J connectivity index is 0.00000144. The Kier molecular flexibility index (Phi) is 5.39. The largest absolute Gasteiger partial charge is 0.370 e. The van der Waals surface area contributed by atoms with Crippen molar-refractivity contribution in [3.8, 4) is 0 Å². The van der Waals surface area contributed by atoms with Gasteiger partial charge in [-0.15, -0.1) is 12.4 Å². The average Bonchev–Trinajstić information content (AvgIpc) is 2.81. The van der Waals surface area contributed by atoms with Gasteiger partial charge >= 0.3 is 0 Å². The third-order valence-electron chi connectivity index (χ3n) is 2.68. The minimum Gasteiger partial charge on any atom is -0.370 e. The predicted octanol–water partition coefficient (Wildman–Crippen LogP) is 1.42. The minimum absolute atomic E-state index is 0. The minimum atomic E-state index is -0.429. The fraction of sp³-hybridized carbons (Fsp3) is 0.545. The molecule has 0 bridgehead atoms. The molecule has 96 valence electrons. The van der Waals surface area contributed by atoms with Crippen LogP contribution in [0.15, 0.2) is 16.8 Å². The Morgan fingerprint density at radius 3 is 3.06 bits per heavy atom. The van der Waals surface area contributed by atoms with Crippen LogP contribution in [0.1, 0.15) is 18.6 Å². The van der Waals surface area contributed by atoms with E-state index in [1.54, 1.807) is 23.2 Å². The molecule has 1 amide bonds. The maximum Gasteiger partial charge on any atom is 0.239 e. The van der Waals surface area contributed by atoms with Crippen LogP contribution in [0.3, 0.4) is 0 Å². The summed E-state index contributed by atoms with van der Waals surface area (Å²) in [5.41, 5.74) is 6.75. The molecular formula is C11H17ClN2O2S. The average molecular weight is 277 g/mol. The summed E-state index contributed by atoms with van der Waals surface area (Å²) < 4.78 is 5.65. The zero-order valence-corrected chi connectivity index (χ0v) is 11.3. The number of amides is 1. The zero-order valence-electron chi connectivity index (χ0n) is 9.67. The maximum atomic E-state index is 11.8. The van der Waals surface area contributed by atoms with Crippen molar-refractivity contribution in [3.05, 3.63) is 22.4 Å². The lowest BCUT2D eigenvalue weighted by molar-refractivity contribution is -0.140. The molecule has 6 heteroatoms. The number of ether oxygens (including phenoxy) is 1. The van der Waals surface area contributed by atoms with Gasteiger partial charge in [-0.3, -0.25) is 4.79 Å². The van der Waals surface area contributed by atoms with Crippen molar-refractivity contribution in [1.82, 2.24) is 4.90 Å². The van der Waals surface area contributed by atoms with Crippen molar-refractivity contribution >= 4 is 29.7 Å². The van der Waals surface area contributed by atoms with Crippen LogP contribution < -0.4 is 5.73 Å². The summed E-state index contributed by atoms with van der Waals surface area (Å²) in [6.45, 7) is 3.55. The van der Waals surface area contributed by atoms with Crippen LogP contribution in [-0.2, 0) is 9.53 Å². The highest BCUT2D eigenvalue weighted by Crippen LogP contribution is 2.24. The van der Waals surface area contributed by atoms with Gasteiger partial charge in [-0.2, -0.15) is 11.3 Å². The molecule has 0 saturated carbocycles. The fourth-order valence-corrected chi connectivity index (χ4v) is 2.50. The molecule has 2 N–H and O–H groups in total. The highest BCUT2D eigenvalue weighted by molar-refractivity contribution is 7.07. The molecule has 2 atom stereocenters. The van der Waals surface area contributed by atoms with E-state index in [2.05, 4.69) is 5.38 Å². The van der Waals surface area contributed by atoms with Crippen LogP contribution in [0.25, 0.3) is 0 Å². The Morgan fingerprint density at radius 1 is 1.71 bits per heavy atom. The number of carbonyl (C=O) groups excluding carboxylic acids is 1. The van der Waals surface area contributed by atoms with Crippen molar-refractivity contribution in [2.24, 2.45) is 5.73 Å². The third kappa shape index (κ3) is 3.42. The zero-order chi connectivity index (χ0) is 11.5. The van der Waals surface area contributed by atoms with Crippen molar-refractivity contribution in [3.63, 3.8) is 0 Å². The van der Waals surface area contributed by atoms with E-state index in [0.29, 0.717) is 19.7 Å². The quantitative estimate of drug-likeness (QED) is 0.889. The molecule has 1 fully saturated rings. The number of morpholine rings is 1. The molecule has 1 aromatic rings. The summed E-state index contributed by atoms with van der Waals surface area (Å²) in [4.78, 5) is 13.5. The molecule has 0 spiro atoms. The first-order valence-electron chi connectivity index (χ1n) is 5.36. The molecule has 1 unspecified atom stereocenters. The van der Waals surface area contributed by atoms with Crippen LogP contribution in [-0.4, -0.2) is 36.5 Å².